The zero-order valence-corrected chi connectivity index (χ0v) is 7.04. The average Bonchev–Trinajstić information content (AvgIpc) is 1.87. The van der Waals surface area contributed by atoms with Gasteiger partial charge in [0.25, 0.3) is 0 Å². The van der Waals surface area contributed by atoms with E-state index in [1.807, 2.05) is 6.92 Å². The van der Waals surface area contributed by atoms with Gasteiger partial charge in [0.1, 0.15) is 0 Å². The standard InChI is InChI=1S/C5H8O4.C3H6/c6-4(7)2-1-3-5(8)9;1-3-2/h1-3H2,(H,6,7)(H,8,9);3H,1H2,2H3/p-2. The number of aliphatic carboxylic acids is 2. The minimum absolute atomic E-state index is 0.0880. The van der Waals surface area contributed by atoms with Crippen LogP contribution in [0.3, 0.4) is 0 Å². The van der Waals surface area contributed by atoms with Gasteiger partial charge in [0.15, 0.2) is 0 Å². The number of carbonyl (C=O) groups excluding carboxylic acids is 2. The fourth-order valence-corrected chi connectivity index (χ4v) is 0.377. The lowest BCUT2D eigenvalue weighted by atomic mass is 10.2. The summed E-state index contributed by atoms with van der Waals surface area (Å²) in [5.41, 5.74) is 0. The van der Waals surface area contributed by atoms with Gasteiger partial charge >= 0.3 is 0 Å². The highest BCUT2D eigenvalue weighted by Crippen LogP contribution is 1.90. The van der Waals surface area contributed by atoms with E-state index >= 15 is 0 Å². The summed E-state index contributed by atoms with van der Waals surface area (Å²) in [5.74, 6) is -2.45. The van der Waals surface area contributed by atoms with E-state index in [1.54, 1.807) is 6.08 Å². The van der Waals surface area contributed by atoms with Crippen LogP contribution in [0, 0.1) is 0 Å². The molecule has 0 spiro atoms. The van der Waals surface area contributed by atoms with Crippen LogP contribution in [-0.2, 0) is 9.59 Å². The molecule has 0 atom stereocenters. The molecule has 0 aliphatic heterocycles. The summed E-state index contributed by atoms with van der Waals surface area (Å²) in [4.78, 5) is 19.3. The molecule has 0 amide bonds. The Bertz CT molecular complexity index is 137. The quantitative estimate of drug-likeness (QED) is 0.501. The fraction of sp³-hybridized carbons (Fsp3) is 0.500. The van der Waals surface area contributed by atoms with E-state index in [1.165, 1.54) is 0 Å². The second-order valence-corrected chi connectivity index (χ2v) is 2.01. The minimum atomic E-state index is -1.23. The lowest BCUT2D eigenvalue weighted by Gasteiger charge is -2.01. The number of carboxylic acids is 2. The van der Waals surface area contributed by atoms with Crippen LogP contribution in [-0.4, -0.2) is 11.9 Å². The van der Waals surface area contributed by atoms with Gasteiger partial charge in [-0.1, -0.05) is 6.08 Å². The van der Waals surface area contributed by atoms with E-state index in [0.29, 0.717) is 0 Å². The average molecular weight is 172 g/mol. The number of allylic oxidation sites excluding steroid dienone is 1. The van der Waals surface area contributed by atoms with Crippen molar-refractivity contribution in [3.05, 3.63) is 12.7 Å². The maximum atomic E-state index is 9.66. The first-order valence-corrected chi connectivity index (χ1v) is 3.51. The van der Waals surface area contributed by atoms with Crippen LogP contribution in [0.1, 0.15) is 26.2 Å². The number of rotatable bonds is 4. The lowest BCUT2D eigenvalue weighted by molar-refractivity contribution is -0.307. The molecule has 4 nitrogen and oxygen atoms in total. The number of carboxylic acid groups (broad SMARTS) is 2. The molecule has 0 fully saturated rings. The van der Waals surface area contributed by atoms with Crippen LogP contribution in [0.2, 0.25) is 0 Å². The van der Waals surface area contributed by atoms with Crippen molar-refractivity contribution < 1.29 is 19.8 Å². The molecule has 0 unspecified atom stereocenters. The Hall–Kier alpha value is -1.32. The van der Waals surface area contributed by atoms with E-state index in [2.05, 4.69) is 6.58 Å². The minimum Gasteiger partial charge on any atom is -0.550 e. The summed E-state index contributed by atoms with van der Waals surface area (Å²) in [6.07, 6.45) is 1.41. The first kappa shape index (κ1) is 13.3. The third-order valence-electron chi connectivity index (χ3n) is 0.762. The molecular formula is C8H12O4-2. The molecule has 0 N–H and O–H groups in total. The molecule has 0 aliphatic rings. The van der Waals surface area contributed by atoms with Crippen LogP contribution in [0.5, 0.6) is 0 Å². The zero-order valence-electron chi connectivity index (χ0n) is 7.04. The number of hydrogen-bond acceptors (Lipinski definition) is 4. The number of carbonyl (C=O) groups is 2. The summed E-state index contributed by atoms with van der Waals surface area (Å²) in [6.45, 7) is 5.25. The predicted octanol–water partition coefficient (Wildman–Crippen LogP) is -1.15. The second-order valence-electron chi connectivity index (χ2n) is 2.01. The summed E-state index contributed by atoms with van der Waals surface area (Å²) in [7, 11) is 0. The molecule has 12 heavy (non-hydrogen) atoms. The van der Waals surface area contributed by atoms with Crippen molar-refractivity contribution >= 4 is 11.9 Å². The summed E-state index contributed by atoms with van der Waals surface area (Å²) in [5, 5.41) is 19.3. The van der Waals surface area contributed by atoms with Crippen molar-refractivity contribution in [1.82, 2.24) is 0 Å². The SMILES string of the molecule is C=CC.O=C([O-])CCCC(=O)[O-]. The third kappa shape index (κ3) is 23.4. The van der Waals surface area contributed by atoms with Crippen molar-refractivity contribution in [1.29, 1.82) is 0 Å². The predicted molar refractivity (Wildman–Crippen MR) is 39.7 cm³/mol. The normalized spacial score (nSPS) is 7.75. The molecular weight excluding hydrogens is 160 g/mol. The Labute approximate surface area is 71.5 Å². The summed E-state index contributed by atoms with van der Waals surface area (Å²) >= 11 is 0. The van der Waals surface area contributed by atoms with E-state index in [4.69, 9.17) is 0 Å². The molecule has 4 heteroatoms. The molecule has 0 aliphatic carbocycles. The smallest absolute Gasteiger partial charge is 0.0414 e. The van der Waals surface area contributed by atoms with E-state index in [0.717, 1.165) is 0 Å². The first-order valence-electron chi connectivity index (χ1n) is 3.51. The van der Waals surface area contributed by atoms with Crippen LogP contribution in [0.15, 0.2) is 12.7 Å². The van der Waals surface area contributed by atoms with Crippen LogP contribution in [0.4, 0.5) is 0 Å². The molecule has 0 aromatic carbocycles. The third-order valence-corrected chi connectivity index (χ3v) is 0.762. The van der Waals surface area contributed by atoms with Gasteiger partial charge in [0, 0.05) is 11.9 Å². The fourth-order valence-electron chi connectivity index (χ4n) is 0.377. The van der Waals surface area contributed by atoms with Crippen molar-refractivity contribution in [2.45, 2.75) is 26.2 Å². The number of hydrogen-bond donors (Lipinski definition) is 0. The molecule has 0 heterocycles. The van der Waals surface area contributed by atoms with Crippen molar-refractivity contribution in [3.63, 3.8) is 0 Å². The molecule has 0 bridgehead atoms. The van der Waals surface area contributed by atoms with E-state index < -0.39 is 11.9 Å². The maximum Gasteiger partial charge on any atom is 0.0414 e. The molecule has 0 saturated carbocycles. The lowest BCUT2D eigenvalue weighted by Crippen LogP contribution is -2.25. The molecule has 0 radical (unpaired) electrons. The highest BCUT2D eigenvalue weighted by atomic mass is 16.4. The van der Waals surface area contributed by atoms with E-state index in [9.17, 15) is 19.8 Å². The van der Waals surface area contributed by atoms with Gasteiger partial charge in [-0.25, -0.2) is 0 Å². The van der Waals surface area contributed by atoms with E-state index in [-0.39, 0.29) is 19.3 Å². The van der Waals surface area contributed by atoms with Crippen molar-refractivity contribution in [2.75, 3.05) is 0 Å². The molecule has 0 rings (SSSR count). The van der Waals surface area contributed by atoms with Crippen LogP contribution in [0.25, 0.3) is 0 Å². The van der Waals surface area contributed by atoms with Gasteiger partial charge in [-0.15, -0.1) is 6.58 Å². The summed E-state index contributed by atoms with van der Waals surface area (Å²) in [6, 6.07) is 0. The Morgan fingerprint density at radius 3 is 1.67 bits per heavy atom. The molecule has 70 valence electrons. The van der Waals surface area contributed by atoms with Crippen LogP contribution >= 0.6 is 0 Å². The van der Waals surface area contributed by atoms with Gasteiger partial charge < -0.3 is 19.8 Å². The van der Waals surface area contributed by atoms with Gasteiger partial charge in [0.05, 0.1) is 0 Å². The maximum absolute atomic E-state index is 9.66. The van der Waals surface area contributed by atoms with Crippen molar-refractivity contribution in [3.8, 4) is 0 Å². The van der Waals surface area contributed by atoms with Crippen molar-refractivity contribution in [2.24, 2.45) is 0 Å². The Kier molecular flexibility index (Phi) is 10.7. The highest BCUT2D eigenvalue weighted by Gasteiger charge is 1.87. The van der Waals surface area contributed by atoms with Gasteiger partial charge in [-0.05, 0) is 26.2 Å². The van der Waals surface area contributed by atoms with Gasteiger partial charge in [-0.3, -0.25) is 0 Å². The summed E-state index contributed by atoms with van der Waals surface area (Å²) < 4.78 is 0. The highest BCUT2D eigenvalue weighted by molar-refractivity contribution is 5.67. The van der Waals surface area contributed by atoms with Gasteiger partial charge in [-0.2, -0.15) is 0 Å². The first-order chi connectivity index (χ1) is 5.54. The topological polar surface area (TPSA) is 80.3 Å². The Morgan fingerprint density at radius 2 is 1.50 bits per heavy atom. The zero-order chi connectivity index (χ0) is 9.98. The monoisotopic (exact) mass is 172 g/mol. The molecule has 0 saturated heterocycles. The largest absolute Gasteiger partial charge is 0.550 e. The Morgan fingerprint density at radius 1 is 1.25 bits per heavy atom. The Balaban J connectivity index is 0. The molecule has 0 aromatic heterocycles. The second kappa shape index (κ2) is 9.68. The van der Waals surface area contributed by atoms with Gasteiger partial charge in [0.2, 0.25) is 0 Å². The van der Waals surface area contributed by atoms with Crippen LogP contribution < -0.4 is 10.2 Å². The molecule has 0 aromatic rings.